The molecule has 0 radical (unpaired) electrons. The van der Waals surface area contributed by atoms with Crippen LogP contribution in [0.4, 0.5) is 0 Å². The van der Waals surface area contributed by atoms with E-state index in [1.165, 1.54) is 45.9 Å². The van der Waals surface area contributed by atoms with E-state index in [1.807, 2.05) is 40.9 Å². The third-order valence-corrected chi connectivity index (χ3v) is 12.4. The number of hydrogen-bond acceptors (Lipinski definition) is 6. The third kappa shape index (κ3) is 4.50. The van der Waals surface area contributed by atoms with Gasteiger partial charge in [0.25, 0.3) is 0 Å². The molecule has 4 nitrogen and oxygen atoms in total. The fourth-order valence-corrected chi connectivity index (χ4v) is 10.1. The van der Waals surface area contributed by atoms with Crippen molar-refractivity contribution in [1.82, 2.24) is 5.32 Å². The van der Waals surface area contributed by atoms with E-state index in [1.54, 1.807) is 0 Å². The molecule has 0 aliphatic carbocycles. The lowest BCUT2D eigenvalue weighted by atomic mass is 9.99. The molecule has 0 bridgehead atoms. The van der Waals surface area contributed by atoms with Crippen LogP contribution in [0.25, 0.3) is 73.4 Å². The predicted molar refractivity (Wildman–Crippen MR) is 217 cm³/mol. The van der Waals surface area contributed by atoms with Crippen LogP contribution in [0.2, 0.25) is 0 Å². The van der Waals surface area contributed by atoms with Crippen molar-refractivity contribution in [2.75, 3.05) is 0 Å². The first-order valence-electron chi connectivity index (χ1n) is 17.0. The van der Waals surface area contributed by atoms with Crippen molar-refractivity contribution in [3.63, 3.8) is 0 Å². The zero-order valence-electron chi connectivity index (χ0n) is 27.1. The average molecular weight is 690 g/mol. The Morgan fingerprint density at radius 3 is 2.02 bits per heavy atom. The fraction of sp³-hybridized carbons (Fsp3) is 0.0222. The van der Waals surface area contributed by atoms with E-state index >= 15 is 0 Å². The smallest absolute Gasteiger partial charge is 0.171 e. The Labute approximate surface area is 300 Å². The van der Waals surface area contributed by atoms with Gasteiger partial charge in [0.1, 0.15) is 22.8 Å². The third-order valence-electron chi connectivity index (χ3n) is 9.97. The number of fused-ring (bicyclic) bond motifs is 9. The molecule has 0 amide bonds. The first-order valence-corrected chi connectivity index (χ1v) is 18.6. The van der Waals surface area contributed by atoms with Crippen LogP contribution < -0.4 is 5.32 Å². The Bertz CT molecular complexity index is 3070. The van der Waals surface area contributed by atoms with Gasteiger partial charge in [-0.05, 0) is 18.2 Å². The minimum Gasteiger partial charge on any atom is -0.455 e. The van der Waals surface area contributed by atoms with Crippen molar-refractivity contribution in [3.05, 3.63) is 168 Å². The highest BCUT2D eigenvalue weighted by Crippen LogP contribution is 2.46. The average Bonchev–Trinajstić information content (AvgIpc) is 3.89. The first-order chi connectivity index (χ1) is 25.3. The van der Waals surface area contributed by atoms with Gasteiger partial charge in [-0.3, -0.25) is 0 Å². The largest absolute Gasteiger partial charge is 0.455 e. The van der Waals surface area contributed by atoms with Gasteiger partial charge in [-0.1, -0.05) is 133 Å². The topological polar surface area (TPSA) is 49.9 Å². The molecule has 0 saturated heterocycles. The number of thiophene rings is 2. The number of amidine groups is 2. The van der Waals surface area contributed by atoms with Crippen LogP contribution in [-0.2, 0) is 0 Å². The number of hydrogen-bond donors (Lipinski definition) is 1. The van der Waals surface area contributed by atoms with Crippen LogP contribution >= 0.6 is 22.7 Å². The van der Waals surface area contributed by atoms with E-state index in [0.29, 0.717) is 0 Å². The number of para-hydroxylation sites is 2. The van der Waals surface area contributed by atoms with E-state index in [4.69, 9.17) is 14.4 Å². The summed E-state index contributed by atoms with van der Waals surface area (Å²) >= 11 is 3.64. The summed E-state index contributed by atoms with van der Waals surface area (Å²) in [5.74, 6) is 1.64. The molecular formula is C45H27N3OS2. The number of nitrogens with zero attached hydrogens (tertiary/aromatic N) is 2. The molecule has 0 saturated carbocycles. The summed E-state index contributed by atoms with van der Waals surface area (Å²) in [5.41, 5.74) is 7.27. The van der Waals surface area contributed by atoms with E-state index < -0.39 is 6.17 Å². The number of nitrogens with one attached hydrogen (secondary N) is 1. The Balaban J connectivity index is 1.09. The highest BCUT2D eigenvalue weighted by molar-refractivity contribution is 7.26. The molecule has 240 valence electrons. The van der Waals surface area contributed by atoms with Gasteiger partial charge in [0.15, 0.2) is 6.17 Å². The molecular weight excluding hydrogens is 663 g/mol. The van der Waals surface area contributed by atoms with Gasteiger partial charge in [-0.2, -0.15) is 0 Å². The van der Waals surface area contributed by atoms with Crippen molar-refractivity contribution >= 4 is 96.6 Å². The van der Waals surface area contributed by atoms with Crippen molar-refractivity contribution in [1.29, 1.82) is 0 Å². The minimum atomic E-state index is -0.423. The van der Waals surface area contributed by atoms with Crippen molar-refractivity contribution in [2.24, 2.45) is 9.98 Å². The summed E-state index contributed by atoms with van der Waals surface area (Å²) in [6, 6.07) is 53.6. The van der Waals surface area contributed by atoms with Crippen LogP contribution in [0.3, 0.4) is 0 Å². The Morgan fingerprint density at radius 2 is 1.14 bits per heavy atom. The number of rotatable bonds is 4. The molecule has 1 aliphatic heterocycles. The summed E-state index contributed by atoms with van der Waals surface area (Å²) < 4.78 is 11.5. The van der Waals surface area contributed by atoms with E-state index in [2.05, 4.69) is 139 Å². The molecule has 1 N–H and O–H groups in total. The molecule has 6 heteroatoms. The maximum atomic E-state index is 6.49. The lowest BCUT2D eigenvalue weighted by Gasteiger charge is -2.22. The number of furan rings is 1. The van der Waals surface area contributed by atoms with E-state index in [0.717, 1.165) is 55.9 Å². The molecule has 1 aliphatic rings. The molecule has 3 aromatic heterocycles. The fourth-order valence-electron chi connectivity index (χ4n) is 7.57. The maximum Gasteiger partial charge on any atom is 0.171 e. The van der Waals surface area contributed by atoms with Crippen LogP contribution in [0.15, 0.2) is 166 Å². The quantitative estimate of drug-likeness (QED) is 0.200. The summed E-state index contributed by atoms with van der Waals surface area (Å²) in [6.45, 7) is 0. The summed E-state index contributed by atoms with van der Waals surface area (Å²) in [6.07, 6.45) is -0.423. The lowest BCUT2D eigenvalue weighted by molar-refractivity contribution is 0.670. The highest BCUT2D eigenvalue weighted by Gasteiger charge is 2.25. The lowest BCUT2D eigenvalue weighted by Crippen LogP contribution is -2.36. The SMILES string of the molecule is c1ccc(C2=NC(c3cccc4c3sc3c(-c5cccc6c5oc5ccccc56)cccc34)N=C(c3ccc4c(c3)sc3ccccc34)N2)cc1. The van der Waals surface area contributed by atoms with Crippen LogP contribution in [0, 0.1) is 0 Å². The van der Waals surface area contributed by atoms with Gasteiger partial charge >= 0.3 is 0 Å². The van der Waals surface area contributed by atoms with Gasteiger partial charge in [0.05, 0.1) is 0 Å². The van der Waals surface area contributed by atoms with E-state index in [9.17, 15) is 0 Å². The van der Waals surface area contributed by atoms with Gasteiger partial charge in [0, 0.05) is 78.9 Å². The normalized spacial score (nSPS) is 14.9. The van der Waals surface area contributed by atoms with Gasteiger partial charge in [-0.25, -0.2) is 9.98 Å². The molecule has 7 aromatic carbocycles. The molecule has 1 atom stereocenters. The molecule has 4 heterocycles. The second-order valence-electron chi connectivity index (χ2n) is 12.9. The van der Waals surface area contributed by atoms with Gasteiger partial charge in [-0.15, -0.1) is 22.7 Å². The number of benzene rings is 7. The Hall–Kier alpha value is -6.08. The molecule has 11 rings (SSSR count). The highest BCUT2D eigenvalue weighted by atomic mass is 32.1. The van der Waals surface area contributed by atoms with Crippen LogP contribution in [-0.4, -0.2) is 11.7 Å². The minimum absolute atomic E-state index is 0.423. The maximum absolute atomic E-state index is 6.49. The molecule has 10 aromatic rings. The second-order valence-corrected chi connectivity index (χ2v) is 15.0. The van der Waals surface area contributed by atoms with Crippen molar-refractivity contribution < 1.29 is 4.42 Å². The first kappa shape index (κ1) is 28.7. The van der Waals surface area contributed by atoms with Crippen LogP contribution in [0.1, 0.15) is 22.9 Å². The number of aliphatic imine (C=N–C) groups is 2. The summed E-state index contributed by atoms with van der Waals surface area (Å²) in [5, 5.41) is 10.9. The van der Waals surface area contributed by atoms with Crippen molar-refractivity contribution in [3.8, 4) is 11.1 Å². The zero-order chi connectivity index (χ0) is 33.5. The van der Waals surface area contributed by atoms with Crippen molar-refractivity contribution in [2.45, 2.75) is 6.17 Å². The zero-order valence-corrected chi connectivity index (χ0v) is 28.8. The molecule has 1 unspecified atom stereocenters. The Kier molecular flexibility index (Phi) is 6.32. The molecule has 0 spiro atoms. The predicted octanol–water partition coefficient (Wildman–Crippen LogP) is 12.5. The van der Waals surface area contributed by atoms with E-state index in [-0.39, 0.29) is 0 Å². The standard InChI is InChI=1S/C45H27N3OS2/c1-2-11-26(12-3-1)43-46-44(27-23-24-30-29-14-5-7-22-38(29)50-39(30)25-27)48-45(47-43)36-20-10-19-35-34-18-9-17-33(41(34)51-42(35)36)32-16-8-15-31-28-13-4-6-21-37(28)49-40(31)32/h1-25,45H,(H,46,47,48). The summed E-state index contributed by atoms with van der Waals surface area (Å²) in [4.78, 5) is 10.6. The van der Waals surface area contributed by atoms with Crippen LogP contribution in [0.5, 0.6) is 0 Å². The molecule has 0 fully saturated rings. The second kappa shape index (κ2) is 11.2. The Morgan fingerprint density at radius 1 is 0.471 bits per heavy atom. The van der Waals surface area contributed by atoms with Gasteiger partial charge in [0.2, 0.25) is 0 Å². The van der Waals surface area contributed by atoms with Gasteiger partial charge < -0.3 is 9.73 Å². The summed E-state index contributed by atoms with van der Waals surface area (Å²) in [7, 11) is 0. The monoisotopic (exact) mass is 689 g/mol. The molecule has 51 heavy (non-hydrogen) atoms.